The molecule has 4 nitrogen and oxygen atoms in total. The number of benzene rings is 1. The molecule has 2 aromatic rings. The van der Waals surface area contributed by atoms with Crippen LogP contribution in [0.25, 0.3) is 0 Å². The van der Waals surface area contributed by atoms with Crippen LogP contribution in [0.5, 0.6) is 0 Å². The lowest BCUT2D eigenvalue weighted by Gasteiger charge is -2.16. The third kappa shape index (κ3) is 3.04. The van der Waals surface area contributed by atoms with Crippen molar-refractivity contribution in [3.63, 3.8) is 0 Å². The SMILES string of the molecule is CNC(Cc1cn(C)nn1)c1ccccc1I. The van der Waals surface area contributed by atoms with Crippen molar-refractivity contribution < 1.29 is 0 Å². The summed E-state index contributed by atoms with van der Waals surface area (Å²) in [4.78, 5) is 0. The van der Waals surface area contributed by atoms with Gasteiger partial charge in [-0.3, -0.25) is 4.68 Å². The first-order chi connectivity index (χ1) is 8.20. The van der Waals surface area contributed by atoms with Gasteiger partial charge in [0.2, 0.25) is 0 Å². The van der Waals surface area contributed by atoms with Gasteiger partial charge in [-0.2, -0.15) is 0 Å². The summed E-state index contributed by atoms with van der Waals surface area (Å²) in [5.74, 6) is 0. The zero-order valence-electron chi connectivity index (χ0n) is 9.89. The Hall–Kier alpha value is -0.950. The fourth-order valence-electron chi connectivity index (χ4n) is 1.82. The van der Waals surface area contributed by atoms with E-state index in [1.54, 1.807) is 4.68 Å². The molecule has 0 aliphatic heterocycles. The van der Waals surface area contributed by atoms with E-state index in [4.69, 9.17) is 0 Å². The molecule has 5 heteroatoms. The summed E-state index contributed by atoms with van der Waals surface area (Å²) in [6.07, 6.45) is 2.81. The highest BCUT2D eigenvalue weighted by atomic mass is 127. The van der Waals surface area contributed by atoms with Crippen molar-refractivity contribution in [2.75, 3.05) is 7.05 Å². The summed E-state index contributed by atoms with van der Waals surface area (Å²) in [5.41, 5.74) is 2.31. The van der Waals surface area contributed by atoms with Gasteiger partial charge in [-0.25, -0.2) is 0 Å². The molecule has 0 saturated carbocycles. The molecule has 1 heterocycles. The van der Waals surface area contributed by atoms with Gasteiger partial charge < -0.3 is 5.32 Å². The Kier molecular flexibility index (Phi) is 4.11. The van der Waals surface area contributed by atoms with Crippen LogP contribution in [0.3, 0.4) is 0 Å². The molecule has 2 rings (SSSR count). The van der Waals surface area contributed by atoms with Gasteiger partial charge in [0.25, 0.3) is 0 Å². The number of hydrogen-bond acceptors (Lipinski definition) is 3. The zero-order valence-corrected chi connectivity index (χ0v) is 12.0. The Morgan fingerprint density at radius 3 is 2.76 bits per heavy atom. The van der Waals surface area contributed by atoms with Gasteiger partial charge in [0, 0.05) is 29.3 Å². The van der Waals surface area contributed by atoms with Gasteiger partial charge in [-0.15, -0.1) is 5.10 Å². The van der Waals surface area contributed by atoms with Gasteiger partial charge in [0.1, 0.15) is 0 Å². The summed E-state index contributed by atoms with van der Waals surface area (Å²) >= 11 is 2.37. The van der Waals surface area contributed by atoms with Crippen LogP contribution in [-0.4, -0.2) is 22.0 Å². The molecule has 17 heavy (non-hydrogen) atoms. The summed E-state index contributed by atoms with van der Waals surface area (Å²) in [7, 11) is 3.86. The highest BCUT2D eigenvalue weighted by molar-refractivity contribution is 14.1. The average molecular weight is 342 g/mol. The van der Waals surface area contributed by atoms with Gasteiger partial charge in [-0.1, -0.05) is 23.4 Å². The number of rotatable bonds is 4. The van der Waals surface area contributed by atoms with Crippen molar-refractivity contribution >= 4 is 22.6 Å². The molecule has 0 spiro atoms. The second kappa shape index (κ2) is 5.59. The molecule has 90 valence electrons. The van der Waals surface area contributed by atoms with Crippen LogP contribution in [0.2, 0.25) is 0 Å². The number of nitrogens with one attached hydrogen (secondary N) is 1. The molecular formula is C12H15IN4. The Morgan fingerprint density at radius 1 is 1.41 bits per heavy atom. The van der Waals surface area contributed by atoms with Crippen LogP contribution < -0.4 is 5.32 Å². The Labute approximate surface area is 115 Å². The number of aryl methyl sites for hydroxylation is 1. The molecule has 1 unspecified atom stereocenters. The second-order valence-corrected chi connectivity index (χ2v) is 5.11. The maximum Gasteiger partial charge on any atom is 0.0845 e. The van der Waals surface area contributed by atoms with Crippen LogP contribution in [0.4, 0.5) is 0 Å². The molecule has 0 amide bonds. The standard InChI is InChI=1S/C12H15IN4/c1-14-12(7-9-8-17(2)16-15-9)10-5-3-4-6-11(10)13/h3-6,8,12,14H,7H2,1-2H3. The van der Waals surface area contributed by atoms with Crippen molar-refractivity contribution in [1.29, 1.82) is 0 Å². The quantitative estimate of drug-likeness (QED) is 0.864. The Bertz CT molecular complexity index is 495. The molecule has 0 radical (unpaired) electrons. The number of halogens is 1. The summed E-state index contributed by atoms with van der Waals surface area (Å²) in [6.45, 7) is 0. The Balaban J connectivity index is 2.20. The molecule has 1 atom stereocenters. The fourth-order valence-corrected chi connectivity index (χ4v) is 2.59. The predicted molar refractivity (Wildman–Crippen MR) is 75.7 cm³/mol. The van der Waals surface area contributed by atoms with Gasteiger partial charge in [-0.05, 0) is 41.3 Å². The van der Waals surface area contributed by atoms with Gasteiger partial charge >= 0.3 is 0 Å². The maximum atomic E-state index is 4.13. The molecule has 1 aromatic carbocycles. The summed E-state index contributed by atoms with van der Waals surface area (Å²) in [5, 5.41) is 11.4. The van der Waals surface area contributed by atoms with E-state index < -0.39 is 0 Å². The first-order valence-corrected chi connectivity index (χ1v) is 6.55. The van der Waals surface area contributed by atoms with Crippen LogP contribution in [0, 0.1) is 3.57 Å². The molecule has 0 aliphatic rings. The normalized spacial score (nSPS) is 12.6. The van der Waals surface area contributed by atoms with E-state index >= 15 is 0 Å². The maximum absolute atomic E-state index is 4.13. The fraction of sp³-hybridized carbons (Fsp3) is 0.333. The minimum atomic E-state index is 0.278. The van der Waals surface area contributed by atoms with Crippen LogP contribution >= 0.6 is 22.6 Å². The molecule has 0 fully saturated rings. The van der Waals surface area contributed by atoms with E-state index in [-0.39, 0.29) is 6.04 Å². The second-order valence-electron chi connectivity index (χ2n) is 3.95. The molecule has 0 saturated heterocycles. The van der Waals surface area contributed by atoms with Crippen molar-refractivity contribution in [1.82, 2.24) is 20.3 Å². The smallest absolute Gasteiger partial charge is 0.0845 e. The zero-order chi connectivity index (χ0) is 12.3. The highest BCUT2D eigenvalue weighted by Crippen LogP contribution is 2.22. The monoisotopic (exact) mass is 342 g/mol. The number of hydrogen-bond donors (Lipinski definition) is 1. The lowest BCUT2D eigenvalue weighted by molar-refractivity contribution is 0.581. The first kappa shape index (κ1) is 12.5. The van der Waals surface area contributed by atoms with Crippen molar-refractivity contribution in [3.8, 4) is 0 Å². The van der Waals surface area contributed by atoms with Gasteiger partial charge in [0.05, 0.1) is 5.69 Å². The van der Waals surface area contributed by atoms with E-state index in [1.165, 1.54) is 9.13 Å². The summed E-state index contributed by atoms with van der Waals surface area (Å²) < 4.78 is 3.01. The first-order valence-electron chi connectivity index (χ1n) is 5.47. The van der Waals surface area contributed by atoms with Crippen LogP contribution in [0.1, 0.15) is 17.3 Å². The highest BCUT2D eigenvalue weighted by Gasteiger charge is 2.14. The average Bonchev–Trinajstić information content (AvgIpc) is 2.73. The largest absolute Gasteiger partial charge is 0.313 e. The molecule has 0 aliphatic carbocycles. The van der Waals surface area contributed by atoms with Crippen LogP contribution in [0.15, 0.2) is 30.5 Å². The van der Waals surface area contributed by atoms with Crippen LogP contribution in [-0.2, 0) is 13.5 Å². The van der Waals surface area contributed by atoms with E-state index in [2.05, 4.69) is 62.5 Å². The number of aromatic nitrogens is 3. The third-order valence-corrected chi connectivity index (χ3v) is 3.67. The van der Waals surface area contributed by atoms with E-state index in [9.17, 15) is 0 Å². The minimum absolute atomic E-state index is 0.278. The van der Waals surface area contributed by atoms with E-state index in [0.29, 0.717) is 0 Å². The van der Waals surface area contributed by atoms with Gasteiger partial charge in [0.15, 0.2) is 0 Å². The molecule has 0 bridgehead atoms. The predicted octanol–water partition coefficient (Wildman–Crippen LogP) is 1.92. The number of likely N-dealkylation sites (N-methyl/N-ethyl adjacent to an activating group) is 1. The molecule has 1 N–H and O–H groups in total. The lowest BCUT2D eigenvalue weighted by Crippen LogP contribution is -2.20. The third-order valence-electron chi connectivity index (χ3n) is 2.69. The molecular weight excluding hydrogens is 327 g/mol. The topological polar surface area (TPSA) is 42.7 Å². The van der Waals surface area contributed by atoms with E-state index in [0.717, 1.165) is 12.1 Å². The Morgan fingerprint density at radius 2 is 2.18 bits per heavy atom. The van der Waals surface area contributed by atoms with E-state index in [1.807, 2.05) is 20.3 Å². The number of nitrogens with zero attached hydrogens (tertiary/aromatic N) is 3. The molecule has 1 aromatic heterocycles. The lowest BCUT2D eigenvalue weighted by atomic mass is 10.0. The summed E-state index contributed by atoms with van der Waals surface area (Å²) in [6, 6.07) is 8.68. The van der Waals surface area contributed by atoms with Crippen molar-refractivity contribution in [2.45, 2.75) is 12.5 Å². The van der Waals surface area contributed by atoms with Crippen molar-refractivity contribution in [2.24, 2.45) is 7.05 Å². The van der Waals surface area contributed by atoms with Crippen molar-refractivity contribution in [3.05, 3.63) is 45.3 Å². The minimum Gasteiger partial charge on any atom is -0.313 e.